The zero-order chi connectivity index (χ0) is 30.2. The van der Waals surface area contributed by atoms with Crippen molar-refractivity contribution in [3.8, 4) is 0 Å². The summed E-state index contributed by atoms with van der Waals surface area (Å²) in [5.41, 5.74) is 0.751. The summed E-state index contributed by atoms with van der Waals surface area (Å²) in [5.74, 6) is -0.776. The molecule has 2 aromatic carbocycles. The first-order valence-electron chi connectivity index (χ1n) is 13.4. The van der Waals surface area contributed by atoms with E-state index in [4.69, 9.17) is 9.52 Å². The summed E-state index contributed by atoms with van der Waals surface area (Å²) in [6, 6.07) is 15.5. The normalized spacial score (nSPS) is 15.5. The van der Waals surface area contributed by atoms with Crippen LogP contribution in [0.5, 0.6) is 0 Å². The summed E-state index contributed by atoms with van der Waals surface area (Å²) in [7, 11) is -3.18. The Labute approximate surface area is 244 Å². The van der Waals surface area contributed by atoms with Gasteiger partial charge in [0.2, 0.25) is 0 Å². The molecule has 0 spiro atoms. The van der Waals surface area contributed by atoms with Crippen LogP contribution in [0.4, 0.5) is 24.5 Å². The minimum atomic E-state index is -4.68. The molecule has 0 saturated carbocycles. The number of hydrogen-bond donors (Lipinski definition) is 2. The molecule has 222 valence electrons. The minimum Gasteiger partial charge on any atom is -0.378 e. The zero-order valence-electron chi connectivity index (χ0n) is 22.7. The number of halogens is 3. The van der Waals surface area contributed by atoms with E-state index < -0.39 is 27.5 Å². The van der Waals surface area contributed by atoms with Crippen LogP contribution in [0.25, 0.3) is 21.8 Å². The number of aromatic nitrogens is 4. The fourth-order valence-electron chi connectivity index (χ4n) is 4.99. The van der Waals surface area contributed by atoms with Crippen LogP contribution < -0.4 is 10.2 Å². The summed E-state index contributed by atoms with van der Waals surface area (Å²) in [5, 5.41) is 8.68. The average Bonchev–Trinajstić information content (AvgIpc) is 3.41. The molecule has 14 heteroatoms. The molecule has 0 bridgehead atoms. The van der Waals surface area contributed by atoms with E-state index in [0.717, 1.165) is 12.1 Å². The molecule has 0 aliphatic carbocycles. The number of alkyl halides is 3. The number of para-hydroxylation sites is 1. The largest absolute Gasteiger partial charge is 0.433 e. The van der Waals surface area contributed by atoms with Crippen LogP contribution in [-0.2, 0) is 27.2 Å². The number of amides is 1. The number of pyridine rings is 2. The van der Waals surface area contributed by atoms with E-state index in [2.05, 4.69) is 20.4 Å². The Morgan fingerprint density at radius 3 is 2.63 bits per heavy atom. The maximum atomic E-state index is 13.5. The smallest absolute Gasteiger partial charge is 0.378 e. The van der Waals surface area contributed by atoms with Gasteiger partial charge in [0.15, 0.2) is 0 Å². The number of carbonyl (C=O) groups is 1. The Kier molecular flexibility index (Phi) is 7.48. The van der Waals surface area contributed by atoms with Gasteiger partial charge in [0.05, 0.1) is 62.5 Å². The van der Waals surface area contributed by atoms with Gasteiger partial charge < -0.3 is 15.0 Å². The number of hydrogen-bond acceptors (Lipinski definition) is 8. The van der Waals surface area contributed by atoms with Crippen molar-refractivity contribution in [3.05, 3.63) is 84.4 Å². The SMILES string of the molecule is N=S(=O)(CCn1cc2cc(NC(=O)c3cccc(C(F)(F)F)n3)c(N3CCOCC3)cc2n1)c1ccnc2ccccc12. The van der Waals surface area contributed by atoms with Gasteiger partial charge in [-0.1, -0.05) is 24.3 Å². The number of nitrogens with one attached hydrogen (secondary N) is 2. The lowest BCUT2D eigenvalue weighted by molar-refractivity contribution is -0.141. The van der Waals surface area contributed by atoms with Gasteiger partial charge in [0, 0.05) is 36.3 Å². The highest BCUT2D eigenvalue weighted by Gasteiger charge is 2.33. The molecule has 3 aromatic heterocycles. The number of benzene rings is 2. The summed E-state index contributed by atoms with van der Waals surface area (Å²) >= 11 is 0. The molecular formula is C29H26F3N7O3S. The molecule has 0 radical (unpaired) electrons. The highest BCUT2D eigenvalue weighted by Crippen LogP contribution is 2.33. The molecule has 6 rings (SSSR count). The van der Waals surface area contributed by atoms with E-state index >= 15 is 0 Å². The summed E-state index contributed by atoms with van der Waals surface area (Å²) in [6.45, 7) is 2.21. The maximum Gasteiger partial charge on any atom is 0.433 e. The Balaban J connectivity index is 1.29. The molecule has 1 fully saturated rings. The number of aryl methyl sites for hydroxylation is 1. The number of fused-ring (bicyclic) bond motifs is 2. The predicted octanol–water partition coefficient (Wildman–Crippen LogP) is 5.19. The summed E-state index contributed by atoms with van der Waals surface area (Å²) < 4.78 is 68.8. The van der Waals surface area contributed by atoms with Crippen molar-refractivity contribution >= 4 is 48.8 Å². The summed E-state index contributed by atoms with van der Waals surface area (Å²) in [6.07, 6.45) is -1.42. The van der Waals surface area contributed by atoms with Gasteiger partial charge in [0.1, 0.15) is 11.4 Å². The molecule has 1 amide bonds. The third-order valence-electron chi connectivity index (χ3n) is 7.11. The second-order valence-electron chi connectivity index (χ2n) is 9.99. The molecule has 10 nitrogen and oxygen atoms in total. The third-order valence-corrected chi connectivity index (χ3v) is 8.94. The number of rotatable bonds is 7. The van der Waals surface area contributed by atoms with Gasteiger partial charge in [-0.25, -0.2) is 14.0 Å². The fourth-order valence-corrected chi connectivity index (χ4v) is 6.46. The fraction of sp³-hybridized carbons (Fsp3) is 0.241. The second kappa shape index (κ2) is 11.3. The standard InChI is InChI=1S/C29H26F3N7O3S/c30-29(31,32)27-7-3-6-22(35-27)28(40)36-24-16-19-18-39(37-23(19)17-25(24)38-10-13-42-14-11-38)12-15-43(33,41)26-8-9-34-21-5-2-1-4-20(21)26/h1-9,16-18,33H,10-15H2,(H,36,40). The lowest BCUT2D eigenvalue weighted by atomic mass is 10.1. The van der Waals surface area contributed by atoms with Gasteiger partial charge in [-0.15, -0.1) is 0 Å². The number of anilines is 2. The van der Waals surface area contributed by atoms with Gasteiger partial charge in [-0.2, -0.15) is 18.3 Å². The zero-order valence-corrected chi connectivity index (χ0v) is 23.5. The van der Waals surface area contributed by atoms with Crippen LogP contribution in [0.2, 0.25) is 0 Å². The van der Waals surface area contributed by atoms with Gasteiger partial charge in [-0.3, -0.25) is 14.5 Å². The molecular weight excluding hydrogens is 583 g/mol. The number of carbonyl (C=O) groups excluding carboxylic acids is 1. The van der Waals surface area contributed by atoms with Crippen LogP contribution in [0, 0.1) is 4.78 Å². The maximum absolute atomic E-state index is 13.5. The molecule has 43 heavy (non-hydrogen) atoms. The molecule has 2 N–H and O–H groups in total. The van der Waals surface area contributed by atoms with Gasteiger partial charge in [-0.05, 0) is 36.4 Å². The lowest BCUT2D eigenvalue weighted by Gasteiger charge is -2.30. The first-order chi connectivity index (χ1) is 20.6. The van der Waals surface area contributed by atoms with E-state index in [1.54, 1.807) is 47.4 Å². The van der Waals surface area contributed by atoms with Crippen molar-refractivity contribution in [3.63, 3.8) is 0 Å². The Bertz CT molecular complexity index is 1930. The van der Waals surface area contributed by atoms with Crippen molar-refractivity contribution in [2.75, 3.05) is 42.3 Å². The van der Waals surface area contributed by atoms with Gasteiger partial charge in [0.25, 0.3) is 5.91 Å². The highest BCUT2D eigenvalue weighted by molar-refractivity contribution is 7.92. The van der Waals surface area contributed by atoms with Crippen molar-refractivity contribution in [1.29, 1.82) is 4.78 Å². The minimum absolute atomic E-state index is 0.0100. The molecule has 1 unspecified atom stereocenters. The van der Waals surface area contributed by atoms with Crippen LogP contribution in [0.3, 0.4) is 0 Å². The van der Waals surface area contributed by atoms with Gasteiger partial charge >= 0.3 is 6.18 Å². The van der Waals surface area contributed by atoms with Crippen molar-refractivity contribution < 1.29 is 26.9 Å². The van der Waals surface area contributed by atoms with E-state index in [1.807, 2.05) is 17.0 Å². The molecule has 1 aliphatic rings. The van der Waals surface area contributed by atoms with Crippen molar-refractivity contribution in [2.24, 2.45) is 0 Å². The van der Waals surface area contributed by atoms with E-state index in [-0.39, 0.29) is 18.0 Å². The predicted molar refractivity (Wildman–Crippen MR) is 156 cm³/mol. The third kappa shape index (κ3) is 6.01. The first kappa shape index (κ1) is 28.6. The monoisotopic (exact) mass is 609 g/mol. The highest BCUT2D eigenvalue weighted by atomic mass is 32.2. The van der Waals surface area contributed by atoms with E-state index in [9.17, 15) is 22.2 Å². The number of ether oxygens (including phenoxy) is 1. The lowest BCUT2D eigenvalue weighted by Crippen LogP contribution is -2.36. The molecule has 1 atom stereocenters. The average molecular weight is 610 g/mol. The topological polar surface area (TPSA) is 126 Å². The van der Waals surface area contributed by atoms with Crippen LogP contribution >= 0.6 is 0 Å². The second-order valence-corrected chi connectivity index (χ2v) is 12.2. The van der Waals surface area contributed by atoms with E-state index in [1.165, 1.54) is 6.07 Å². The summed E-state index contributed by atoms with van der Waals surface area (Å²) in [4.78, 5) is 23.3. The molecule has 4 heterocycles. The van der Waals surface area contributed by atoms with Crippen LogP contribution in [0.1, 0.15) is 16.2 Å². The van der Waals surface area contributed by atoms with Crippen molar-refractivity contribution in [2.45, 2.75) is 17.6 Å². The van der Waals surface area contributed by atoms with Crippen LogP contribution in [-0.4, -0.2) is 61.9 Å². The van der Waals surface area contributed by atoms with Crippen molar-refractivity contribution in [1.82, 2.24) is 19.7 Å². The number of morpholine rings is 1. The molecule has 5 aromatic rings. The van der Waals surface area contributed by atoms with E-state index in [0.29, 0.717) is 64.4 Å². The first-order valence-corrected chi connectivity index (χ1v) is 15.1. The Hall–Kier alpha value is -4.56. The number of nitrogens with zero attached hydrogens (tertiary/aromatic N) is 5. The Morgan fingerprint density at radius 1 is 1.05 bits per heavy atom. The molecule has 1 aliphatic heterocycles. The Morgan fingerprint density at radius 2 is 1.84 bits per heavy atom. The van der Waals surface area contributed by atoms with Crippen LogP contribution in [0.15, 0.2) is 78.0 Å². The quantitative estimate of drug-likeness (QED) is 0.260. The molecule has 1 saturated heterocycles.